The summed E-state index contributed by atoms with van der Waals surface area (Å²) in [5, 5.41) is 0. The van der Waals surface area contributed by atoms with Gasteiger partial charge in [0.1, 0.15) is 0 Å². The van der Waals surface area contributed by atoms with E-state index in [1.54, 1.807) is 4.90 Å². The molecule has 0 saturated carbocycles. The zero-order valence-electron chi connectivity index (χ0n) is 11.1. The molecule has 7 heteroatoms. The van der Waals surface area contributed by atoms with E-state index in [4.69, 9.17) is 0 Å². The fourth-order valence-corrected chi connectivity index (χ4v) is 3.69. The standard InChI is InChI=1S/C12H21FN2O3S/c13-19(17,18)10-11-8-12(16)15(9-11)7-6-14-4-2-1-3-5-14/h11H,1-10H2. The molecule has 5 nitrogen and oxygen atoms in total. The van der Waals surface area contributed by atoms with E-state index >= 15 is 0 Å². The number of hydrogen-bond acceptors (Lipinski definition) is 4. The highest BCUT2D eigenvalue weighted by Crippen LogP contribution is 2.20. The maximum atomic E-state index is 12.6. The van der Waals surface area contributed by atoms with Crippen molar-refractivity contribution in [1.29, 1.82) is 0 Å². The summed E-state index contributed by atoms with van der Waals surface area (Å²) in [6.45, 7) is 3.98. The van der Waals surface area contributed by atoms with E-state index in [-0.39, 0.29) is 18.2 Å². The summed E-state index contributed by atoms with van der Waals surface area (Å²) in [6, 6.07) is 0. The first kappa shape index (κ1) is 14.7. The summed E-state index contributed by atoms with van der Waals surface area (Å²) in [5.74, 6) is -0.964. The highest BCUT2D eigenvalue weighted by atomic mass is 32.3. The Balaban J connectivity index is 1.76. The Morgan fingerprint density at radius 2 is 1.84 bits per heavy atom. The third-order valence-electron chi connectivity index (χ3n) is 3.86. The first-order valence-electron chi connectivity index (χ1n) is 6.86. The van der Waals surface area contributed by atoms with Gasteiger partial charge in [0.15, 0.2) is 0 Å². The Morgan fingerprint density at radius 1 is 1.16 bits per heavy atom. The van der Waals surface area contributed by atoms with Gasteiger partial charge in [-0.15, -0.1) is 3.89 Å². The molecule has 1 amide bonds. The molecule has 0 aromatic heterocycles. The second-order valence-electron chi connectivity index (χ2n) is 5.52. The first-order valence-corrected chi connectivity index (χ1v) is 8.42. The van der Waals surface area contributed by atoms with Gasteiger partial charge in [-0.25, -0.2) is 0 Å². The van der Waals surface area contributed by atoms with Crippen LogP contribution in [0.2, 0.25) is 0 Å². The number of rotatable bonds is 5. The second kappa shape index (κ2) is 6.17. The van der Waals surface area contributed by atoms with Gasteiger partial charge in [-0.2, -0.15) is 8.42 Å². The van der Waals surface area contributed by atoms with Crippen LogP contribution in [0.5, 0.6) is 0 Å². The molecule has 2 fully saturated rings. The fourth-order valence-electron chi connectivity index (χ4n) is 2.91. The summed E-state index contributed by atoms with van der Waals surface area (Å²) in [7, 11) is -4.48. The van der Waals surface area contributed by atoms with E-state index in [2.05, 4.69) is 4.90 Å². The van der Waals surface area contributed by atoms with Crippen LogP contribution in [0.15, 0.2) is 0 Å². The molecule has 0 aliphatic carbocycles. The van der Waals surface area contributed by atoms with Crippen LogP contribution in [0, 0.1) is 5.92 Å². The average molecular weight is 292 g/mol. The van der Waals surface area contributed by atoms with Crippen molar-refractivity contribution >= 4 is 16.1 Å². The molecule has 19 heavy (non-hydrogen) atoms. The molecule has 2 saturated heterocycles. The molecule has 0 aromatic rings. The van der Waals surface area contributed by atoms with Crippen molar-refractivity contribution < 1.29 is 17.1 Å². The molecule has 0 spiro atoms. The Morgan fingerprint density at radius 3 is 2.47 bits per heavy atom. The molecule has 0 N–H and O–H groups in total. The molecule has 0 aromatic carbocycles. The minimum atomic E-state index is -4.48. The van der Waals surface area contributed by atoms with E-state index in [1.807, 2.05) is 0 Å². The third kappa shape index (κ3) is 4.72. The van der Waals surface area contributed by atoms with Crippen LogP contribution in [-0.2, 0) is 15.0 Å². The minimum absolute atomic E-state index is 0.0503. The summed E-state index contributed by atoms with van der Waals surface area (Å²) >= 11 is 0. The van der Waals surface area contributed by atoms with Gasteiger partial charge >= 0.3 is 10.2 Å². The number of likely N-dealkylation sites (tertiary alicyclic amines) is 2. The Labute approximate surface area is 114 Å². The molecule has 110 valence electrons. The topological polar surface area (TPSA) is 57.7 Å². The van der Waals surface area contributed by atoms with Crippen LogP contribution < -0.4 is 0 Å². The van der Waals surface area contributed by atoms with Crippen LogP contribution in [0.3, 0.4) is 0 Å². The molecule has 2 rings (SSSR count). The fraction of sp³-hybridized carbons (Fsp3) is 0.917. The van der Waals surface area contributed by atoms with Crippen LogP contribution in [-0.4, -0.2) is 62.6 Å². The number of hydrogen-bond donors (Lipinski definition) is 0. The highest BCUT2D eigenvalue weighted by Gasteiger charge is 2.32. The average Bonchev–Trinajstić information content (AvgIpc) is 2.66. The Hall–Kier alpha value is -0.690. The SMILES string of the molecule is O=C1CC(CS(=O)(=O)F)CN1CCN1CCCCC1. The first-order chi connectivity index (χ1) is 8.94. The van der Waals surface area contributed by atoms with Crippen molar-refractivity contribution in [3.63, 3.8) is 0 Å². The lowest BCUT2D eigenvalue weighted by Gasteiger charge is -2.28. The predicted octanol–water partition coefficient (Wildman–Crippen LogP) is 0.620. The van der Waals surface area contributed by atoms with Crippen molar-refractivity contribution in [3.05, 3.63) is 0 Å². The van der Waals surface area contributed by atoms with Gasteiger partial charge in [-0.05, 0) is 25.9 Å². The third-order valence-corrected chi connectivity index (χ3v) is 4.73. The number of amides is 1. The Kier molecular flexibility index (Phi) is 4.78. The Bertz CT molecular complexity index is 421. The molecule has 0 radical (unpaired) electrons. The highest BCUT2D eigenvalue weighted by molar-refractivity contribution is 7.86. The predicted molar refractivity (Wildman–Crippen MR) is 69.9 cm³/mol. The van der Waals surface area contributed by atoms with E-state index < -0.39 is 16.0 Å². The number of halogens is 1. The van der Waals surface area contributed by atoms with Crippen molar-refractivity contribution in [2.24, 2.45) is 5.92 Å². The van der Waals surface area contributed by atoms with Gasteiger partial charge in [-0.3, -0.25) is 4.79 Å². The van der Waals surface area contributed by atoms with Crippen molar-refractivity contribution in [2.75, 3.05) is 38.5 Å². The van der Waals surface area contributed by atoms with Gasteiger partial charge in [0.2, 0.25) is 5.91 Å². The maximum Gasteiger partial charge on any atom is 0.302 e. The second-order valence-corrected chi connectivity index (χ2v) is 6.93. The molecular weight excluding hydrogens is 271 g/mol. The van der Waals surface area contributed by atoms with Gasteiger partial charge in [-0.1, -0.05) is 6.42 Å². The normalized spacial score (nSPS) is 26.1. The van der Waals surface area contributed by atoms with Crippen molar-refractivity contribution in [1.82, 2.24) is 9.80 Å². The zero-order chi connectivity index (χ0) is 13.9. The molecular formula is C12H21FN2O3S. The maximum absolute atomic E-state index is 12.6. The quantitative estimate of drug-likeness (QED) is 0.697. The molecule has 2 heterocycles. The van der Waals surface area contributed by atoms with E-state index in [1.165, 1.54) is 19.3 Å². The van der Waals surface area contributed by atoms with Gasteiger partial charge in [0.25, 0.3) is 0 Å². The molecule has 1 atom stereocenters. The summed E-state index contributed by atoms with van der Waals surface area (Å²) in [5.41, 5.74) is 0. The van der Waals surface area contributed by atoms with Crippen LogP contribution in [0.4, 0.5) is 3.89 Å². The lowest BCUT2D eigenvalue weighted by molar-refractivity contribution is -0.127. The largest absolute Gasteiger partial charge is 0.341 e. The molecule has 0 bridgehead atoms. The molecule has 1 unspecified atom stereocenters. The van der Waals surface area contributed by atoms with Crippen molar-refractivity contribution in [3.8, 4) is 0 Å². The molecule has 2 aliphatic rings. The van der Waals surface area contributed by atoms with E-state index in [0.29, 0.717) is 13.1 Å². The number of nitrogens with zero attached hydrogens (tertiary/aromatic N) is 2. The van der Waals surface area contributed by atoms with Gasteiger partial charge in [0.05, 0.1) is 5.75 Å². The number of carbonyl (C=O) groups excluding carboxylic acids is 1. The lowest BCUT2D eigenvalue weighted by Crippen LogP contribution is -2.38. The van der Waals surface area contributed by atoms with Crippen LogP contribution >= 0.6 is 0 Å². The lowest BCUT2D eigenvalue weighted by atomic mass is 10.1. The van der Waals surface area contributed by atoms with E-state index in [9.17, 15) is 17.1 Å². The van der Waals surface area contributed by atoms with Crippen LogP contribution in [0.25, 0.3) is 0 Å². The summed E-state index contributed by atoms with van der Waals surface area (Å²) in [6.07, 6.45) is 3.84. The molecule has 2 aliphatic heterocycles. The summed E-state index contributed by atoms with van der Waals surface area (Å²) < 4.78 is 33.8. The van der Waals surface area contributed by atoms with Crippen molar-refractivity contribution in [2.45, 2.75) is 25.7 Å². The smallest absolute Gasteiger partial charge is 0.302 e. The summed E-state index contributed by atoms with van der Waals surface area (Å²) in [4.78, 5) is 15.7. The number of carbonyl (C=O) groups is 1. The van der Waals surface area contributed by atoms with Crippen LogP contribution in [0.1, 0.15) is 25.7 Å². The van der Waals surface area contributed by atoms with Gasteiger partial charge < -0.3 is 9.80 Å². The zero-order valence-corrected chi connectivity index (χ0v) is 11.9. The van der Waals surface area contributed by atoms with Gasteiger partial charge in [0, 0.05) is 32.0 Å². The van der Waals surface area contributed by atoms with E-state index in [0.717, 1.165) is 19.6 Å². The monoisotopic (exact) mass is 292 g/mol. The number of piperidine rings is 1. The minimum Gasteiger partial charge on any atom is -0.341 e.